The summed E-state index contributed by atoms with van der Waals surface area (Å²) in [4.78, 5) is 4.26. The topological polar surface area (TPSA) is 64.9 Å². The largest absolute Gasteiger partial charge is 0.399 e. The molecule has 4 nitrogen and oxygen atoms in total. The van der Waals surface area contributed by atoms with Crippen molar-refractivity contribution in [3.05, 3.63) is 63.4 Å². The first-order chi connectivity index (χ1) is 11.9. The average Bonchev–Trinajstić information content (AvgIpc) is 3.17. The Labute approximate surface area is 151 Å². The molecule has 1 aromatic heterocycles. The lowest BCUT2D eigenvalue weighted by Gasteiger charge is -2.15. The zero-order valence-corrected chi connectivity index (χ0v) is 14.2. The number of hydrogen-bond acceptors (Lipinski definition) is 4. The summed E-state index contributed by atoms with van der Waals surface area (Å²) in [5.41, 5.74) is 6.16. The van der Waals surface area contributed by atoms with Crippen LogP contribution in [0.5, 0.6) is 0 Å². The third kappa shape index (κ3) is 2.56. The zero-order valence-electron chi connectivity index (χ0n) is 12.7. The molecule has 0 spiro atoms. The van der Waals surface area contributed by atoms with Crippen molar-refractivity contribution in [1.82, 2.24) is 10.1 Å². The van der Waals surface area contributed by atoms with Crippen LogP contribution in [0.4, 0.5) is 14.5 Å². The van der Waals surface area contributed by atoms with Crippen LogP contribution in [0.3, 0.4) is 0 Å². The predicted molar refractivity (Wildman–Crippen MR) is 90.5 cm³/mol. The maximum absolute atomic E-state index is 13.9. The molecule has 2 aromatic carbocycles. The highest BCUT2D eigenvalue weighted by atomic mass is 35.5. The molecule has 0 unspecified atom stereocenters. The number of anilines is 1. The molecule has 1 aliphatic rings. The highest BCUT2D eigenvalue weighted by molar-refractivity contribution is 6.36. The maximum atomic E-state index is 13.9. The first-order valence-electron chi connectivity index (χ1n) is 7.46. The van der Waals surface area contributed by atoms with Crippen molar-refractivity contribution in [2.24, 2.45) is 0 Å². The van der Waals surface area contributed by atoms with E-state index < -0.39 is 17.0 Å². The molecule has 0 saturated heterocycles. The van der Waals surface area contributed by atoms with E-state index in [0.29, 0.717) is 40.0 Å². The monoisotopic (exact) mass is 381 g/mol. The maximum Gasteiger partial charge on any atom is 0.261 e. The Morgan fingerprint density at radius 2 is 1.80 bits per heavy atom. The molecule has 1 heterocycles. The number of aromatic nitrogens is 2. The second kappa shape index (κ2) is 5.68. The standard InChI is InChI=1S/C17H11Cl2F2N3O/c18-10-6-8(22)7-11(19)13(10)17(4-5-17)16-23-15(25-24-16)9-2-1-3-12(20)14(9)21/h1-3,6-7H,4-5,22H2. The van der Waals surface area contributed by atoms with Crippen molar-refractivity contribution in [3.8, 4) is 11.5 Å². The number of nitrogens with zero attached hydrogens (tertiary/aromatic N) is 2. The fourth-order valence-electron chi connectivity index (χ4n) is 2.96. The molecule has 1 aliphatic carbocycles. The lowest BCUT2D eigenvalue weighted by Crippen LogP contribution is -2.13. The van der Waals surface area contributed by atoms with Crippen molar-refractivity contribution < 1.29 is 13.3 Å². The summed E-state index contributed by atoms with van der Waals surface area (Å²) in [6.45, 7) is 0. The summed E-state index contributed by atoms with van der Waals surface area (Å²) in [6.07, 6.45) is 1.42. The summed E-state index contributed by atoms with van der Waals surface area (Å²) in [6, 6.07) is 6.98. The SMILES string of the molecule is Nc1cc(Cl)c(C2(c3noc(-c4cccc(F)c4F)n3)CC2)c(Cl)c1. The molecule has 2 N–H and O–H groups in total. The van der Waals surface area contributed by atoms with Gasteiger partial charge in [0.1, 0.15) is 0 Å². The van der Waals surface area contributed by atoms with Gasteiger partial charge in [-0.25, -0.2) is 8.78 Å². The molecule has 0 radical (unpaired) electrons. The van der Waals surface area contributed by atoms with Crippen LogP contribution in [-0.2, 0) is 5.41 Å². The smallest absolute Gasteiger partial charge is 0.261 e. The number of hydrogen-bond donors (Lipinski definition) is 1. The summed E-state index contributed by atoms with van der Waals surface area (Å²) in [5, 5.41) is 4.77. The Hall–Kier alpha value is -2.18. The highest BCUT2D eigenvalue weighted by Gasteiger charge is 2.52. The van der Waals surface area contributed by atoms with Crippen LogP contribution < -0.4 is 5.73 Å². The Morgan fingerprint density at radius 3 is 2.44 bits per heavy atom. The van der Waals surface area contributed by atoms with Crippen LogP contribution in [0, 0.1) is 11.6 Å². The van der Waals surface area contributed by atoms with Gasteiger partial charge in [0, 0.05) is 21.3 Å². The van der Waals surface area contributed by atoms with Crippen molar-refractivity contribution in [3.63, 3.8) is 0 Å². The third-order valence-corrected chi connectivity index (χ3v) is 4.93. The minimum Gasteiger partial charge on any atom is -0.399 e. The molecule has 25 heavy (non-hydrogen) atoms. The molecular weight excluding hydrogens is 371 g/mol. The lowest BCUT2D eigenvalue weighted by molar-refractivity contribution is 0.414. The van der Waals surface area contributed by atoms with Gasteiger partial charge in [-0.15, -0.1) is 0 Å². The van der Waals surface area contributed by atoms with E-state index in [4.69, 9.17) is 33.5 Å². The molecule has 8 heteroatoms. The van der Waals surface area contributed by atoms with Crippen LogP contribution in [-0.4, -0.2) is 10.1 Å². The van der Waals surface area contributed by atoms with Crippen LogP contribution in [0.1, 0.15) is 24.2 Å². The Balaban J connectivity index is 1.80. The van der Waals surface area contributed by atoms with Crippen molar-refractivity contribution >= 4 is 28.9 Å². The van der Waals surface area contributed by atoms with Crippen LogP contribution >= 0.6 is 23.2 Å². The van der Waals surface area contributed by atoms with E-state index >= 15 is 0 Å². The first-order valence-corrected chi connectivity index (χ1v) is 8.21. The van der Waals surface area contributed by atoms with Gasteiger partial charge in [0.15, 0.2) is 17.5 Å². The van der Waals surface area contributed by atoms with Crippen LogP contribution in [0.25, 0.3) is 11.5 Å². The van der Waals surface area contributed by atoms with Crippen molar-refractivity contribution in [2.75, 3.05) is 5.73 Å². The normalized spacial score (nSPS) is 15.4. The van der Waals surface area contributed by atoms with E-state index in [1.165, 1.54) is 12.1 Å². The van der Waals surface area contributed by atoms with E-state index in [1.54, 1.807) is 12.1 Å². The highest BCUT2D eigenvalue weighted by Crippen LogP contribution is 2.56. The molecule has 1 saturated carbocycles. The minimum absolute atomic E-state index is 0.0935. The molecule has 3 aromatic rings. The van der Waals surface area contributed by atoms with Gasteiger partial charge in [-0.05, 0) is 37.1 Å². The van der Waals surface area contributed by atoms with Crippen LogP contribution in [0.15, 0.2) is 34.9 Å². The lowest BCUT2D eigenvalue weighted by atomic mass is 9.94. The van der Waals surface area contributed by atoms with Gasteiger partial charge in [0.25, 0.3) is 5.89 Å². The van der Waals surface area contributed by atoms with Gasteiger partial charge in [0.2, 0.25) is 0 Å². The number of benzene rings is 2. The van der Waals surface area contributed by atoms with Gasteiger partial charge in [0.05, 0.1) is 11.0 Å². The number of rotatable bonds is 3. The quantitative estimate of drug-likeness (QED) is 0.649. The fraction of sp³-hybridized carbons (Fsp3) is 0.176. The van der Waals surface area contributed by atoms with E-state index in [9.17, 15) is 8.78 Å². The second-order valence-corrected chi connectivity index (χ2v) is 6.78. The van der Waals surface area contributed by atoms with Crippen molar-refractivity contribution in [1.29, 1.82) is 0 Å². The second-order valence-electron chi connectivity index (χ2n) is 5.97. The van der Waals surface area contributed by atoms with Crippen molar-refractivity contribution in [2.45, 2.75) is 18.3 Å². The van der Waals surface area contributed by atoms with E-state index in [1.807, 2.05) is 0 Å². The Morgan fingerprint density at radius 1 is 1.12 bits per heavy atom. The molecule has 0 aliphatic heterocycles. The van der Waals surface area contributed by atoms with E-state index in [2.05, 4.69) is 10.1 Å². The van der Waals surface area contributed by atoms with Gasteiger partial charge < -0.3 is 10.3 Å². The van der Waals surface area contributed by atoms with Gasteiger partial charge in [-0.1, -0.05) is 34.4 Å². The summed E-state index contributed by atoms with van der Waals surface area (Å²) < 4.78 is 32.5. The third-order valence-electron chi connectivity index (χ3n) is 4.33. The molecule has 128 valence electrons. The molecule has 0 atom stereocenters. The van der Waals surface area contributed by atoms with E-state index in [0.717, 1.165) is 6.07 Å². The predicted octanol–water partition coefficient (Wildman–Crippen LogP) is 4.98. The number of nitrogen functional groups attached to an aromatic ring is 1. The van der Waals surface area contributed by atoms with Crippen LogP contribution in [0.2, 0.25) is 10.0 Å². The zero-order chi connectivity index (χ0) is 17.8. The summed E-state index contributed by atoms with van der Waals surface area (Å²) in [7, 11) is 0. The fourth-order valence-corrected chi connectivity index (χ4v) is 3.82. The number of halogens is 4. The molecule has 0 bridgehead atoms. The molecular formula is C17H11Cl2F2N3O. The average molecular weight is 382 g/mol. The number of nitrogens with two attached hydrogens (primary N) is 1. The Bertz CT molecular complexity index is 963. The minimum atomic E-state index is -1.04. The van der Waals surface area contributed by atoms with Gasteiger partial charge in [-0.2, -0.15) is 4.98 Å². The summed E-state index contributed by atoms with van der Waals surface area (Å²) >= 11 is 12.6. The Kier molecular flexibility index (Phi) is 3.70. The first kappa shape index (κ1) is 16.3. The van der Waals surface area contributed by atoms with Gasteiger partial charge >= 0.3 is 0 Å². The summed E-state index contributed by atoms with van der Waals surface area (Å²) in [5.74, 6) is -1.78. The van der Waals surface area contributed by atoms with E-state index in [-0.39, 0.29) is 11.5 Å². The van der Waals surface area contributed by atoms with Gasteiger partial charge in [-0.3, -0.25) is 0 Å². The molecule has 1 fully saturated rings. The molecule has 0 amide bonds. The molecule has 4 rings (SSSR count).